The van der Waals surface area contributed by atoms with Gasteiger partial charge < -0.3 is 10.6 Å². The van der Waals surface area contributed by atoms with Crippen LogP contribution in [0.3, 0.4) is 0 Å². The van der Waals surface area contributed by atoms with Crippen LogP contribution in [0.1, 0.15) is 47.4 Å². The quantitative estimate of drug-likeness (QED) is 0.175. The van der Waals surface area contributed by atoms with Crippen LogP contribution in [0.25, 0.3) is 20.3 Å². The Labute approximate surface area is 251 Å². The fraction of sp³-hybridized carbons (Fsp3) is 0.276. The Morgan fingerprint density at radius 2 is 1.79 bits per heavy atom. The number of hydrogen-bond donors (Lipinski definition) is 1. The molecule has 5 aromatic rings. The highest BCUT2D eigenvalue weighted by atomic mass is 79.9. The number of amides is 1. The zero-order valence-electron chi connectivity index (χ0n) is 21.6. The predicted octanol–water partition coefficient (Wildman–Crippen LogP) is 7.43. The fourth-order valence-electron chi connectivity index (χ4n) is 4.84. The predicted molar refractivity (Wildman–Crippen MR) is 169 cm³/mol. The van der Waals surface area contributed by atoms with Crippen molar-refractivity contribution in [2.75, 3.05) is 13.1 Å². The van der Waals surface area contributed by atoms with E-state index in [1.54, 1.807) is 15.9 Å². The number of benzene rings is 2. The minimum absolute atomic E-state index is 0.0160. The Morgan fingerprint density at radius 1 is 1.05 bits per heavy atom. The Morgan fingerprint density at radius 3 is 2.46 bits per heavy atom. The van der Waals surface area contributed by atoms with Crippen LogP contribution in [-0.4, -0.2) is 33.4 Å². The molecular formula is C29H28Br2N4O2S2. The van der Waals surface area contributed by atoms with E-state index in [1.165, 1.54) is 11.3 Å². The van der Waals surface area contributed by atoms with E-state index in [2.05, 4.69) is 45.7 Å². The van der Waals surface area contributed by atoms with Crippen LogP contribution >= 0.6 is 54.5 Å². The van der Waals surface area contributed by atoms with Crippen molar-refractivity contribution < 1.29 is 4.79 Å². The summed E-state index contributed by atoms with van der Waals surface area (Å²) in [5.41, 5.74) is 7.11. The molecule has 6 nitrogen and oxygen atoms in total. The van der Waals surface area contributed by atoms with Gasteiger partial charge in [0.05, 0.1) is 21.9 Å². The first kappa shape index (κ1) is 28.2. The van der Waals surface area contributed by atoms with Gasteiger partial charge in [-0.15, -0.1) is 22.7 Å². The average molecular weight is 689 g/mol. The van der Waals surface area contributed by atoms with E-state index in [0.29, 0.717) is 47.7 Å². The summed E-state index contributed by atoms with van der Waals surface area (Å²) in [6.45, 7) is 5.43. The second kappa shape index (κ2) is 12.0. The van der Waals surface area contributed by atoms with Gasteiger partial charge in [-0.25, -0.2) is 4.98 Å². The summed E-state index contributed by atoms with van der Waals surface area (Å²) in [6, 6.07) is 18.9. The molecule has 0 aliphatic heterocycles. The summed E-state index contributed by atoms with van der Waals surface area (Å²) in [4.78, 5) is 36.3. The molecule has 2 aromatic carbocycles. The molecule has 2 N–H and O–H groups in total. The number of carbonyl (C=O) groups is 1. The van der Waals surface area contributed by atoms with Crippen molar-refractivity contribution in [1.82, 2.24) is 14.5 Å². The van der Waals surface area contributed by atoms with Gasteiger partial charge in [0.2, 0.25) is 0 Å². The molecule has 0 aliphatic carbocycles. The summed E-state index contributed by atoms with van der Waals surface area (Å²) < 4.78 is 5.32. The number of halogens is 2. The lowest BCUT2D eigenvalue weighted by molar-refractivity contribution is 0.0603. The number of hydrogen-bond acceptors (Lipinski definition) is 6. The van der Waals surface area contributed by atoms with Crippen LogP contribution < -0.4 is 11.3 Å². The third kappa shape index (κ3) is 5.76. The topological polar surface area (TPSA) is 81.2 Å². The molecule has 202 valence electrons. The lowest BCUT2D eigenvalue weighted by atomic mass is 9.99. The molecule has 0 aliphatic rings. The number of nitrogens with zero attached hydrogens (tertiary/aromatic N) is 3. The number of fused-ring (bicyclic) bond motifs is 3. The molecule has 1 amide bonds. The third-order valence-corrected chi connectivity index (χ3v) is 9.93. The Kier molecular flexibility index (Phi) is 8.68. The van der Waals surface area contributed by atoms with Crippen molar-refractivity contribution in [2.24, 2.45) is 11.7 Å². The lowest BCUT2D eigenvalue weighted by Gasteiger charge is -2.35. The Bertz CT molecular complexity index is 1690. The van der Waals surface area contributed by atoms with E-state index in [-0.39, 0.29) is 17.4 Å². The van der Waals surface area contributed by atoms with Gasteiger partial charge in [-0.2, -0.15) is 0 Å². The maximum absolute atomic E-state index is 14.2. The highest BCUT2D eigenvalue weighted by Crippen LogP contribution is 2.35. The molecule has 10 heteroatoms. The first-order chi connectivity index (χ1) is 18.8. The highest BCUT2D eigenvalue weighted by molar-refractivity contribution is 9.11. The molecule has 0 radical (unpaired) electrons. The van der Waals surface area contributed by atoms with Crippen LogP contribution in [0.4, 0.5) is 0 Å². The maximum Gasteiger partial charge on any atom is 0.271 e. The largest absolute Gasteiger partial charge is 0.330 e. The molecule has 0 saturated heterocycles. The average Bonchev–Trinajstić information content (AvgIpc) is 3.51. The molecular weight excluding hydrogens is 660 g/mol. The van der Waals surface area contributed by atoms with Crippen molar-refractivity contribution in [3.63, 3.8) is 0 Å². The van der Waals surface area contributed by atoms with E-state index in [4.69, 9.17) is 10.7 Å². The molecule has 0 bridgehead atoms. The number of nitrogens with two attached hydrogens (primary N) is 1. The van der Waals surface area contributed by atoms with E-state index in [1.807, 2.05) is 65.6 Å². The Hall–Kier alpha value is -2.37. The summed E-state index contributed by atoms with van der Waals surface area (Å²) in [5.74, 6) is 0.473. The lowest BCUT2D eigenvalue weighted by Crippen LogP contribution is -2.42. The van der Waals surface area contributed by atoms with Crippen molar-refractivity contribution in [2.45, 2.75) is 32.9 Å². The van der Waals surface area contributed by atoms with Crippen LogP contribution in [-0.2, 0) is 6.54 Å². The first-order valence-corrected chi connectivity index (χ1v) is 15.9. The maximum atomic E-state index is 14.2. The van der Waals surface area contributed by atoms with Crippen LogP contribution in [0.5, 0.6) is 0 Å². The Balaban J connectivity index is 1.74. The van der Waals surface area contributed by atoms with Gasteiger partial charge in [-0.05, 0) is 77.3 Å². The zero-order valence-corrected chi connectivity index (χ0v) is 26.4. The van der Waals surface area contributed by atoms with Gasteiger partial charge >= 0.3 is 0 Å². The highest BCUT2D eigenvalue weighted by Gasteiger charge is 2.33. The molecule has 5 rings (SSSR count). The molecule has 0 fully saturated rings. The standard InChI is InChI=1S/C29H28Br2N4O2S2/c1-17(2)25(34(15-5-14-32)28(36)18-8-10-19(30)11-9-18)27-33-24-21-6-3-4-7-22(21)39-26(24)29(37)35(27)16-20-12-13-23(31)38-20/h3-4,6-13,17,25H,5,14-16,32H2,1-2H3. The number of carbonyl (C=O) groups excluding carboxylic acids is 1. The van der Waals surface area contributed by atoms with Crippen LogP contribution in [0.2, 0.25) is 0 Å². The van der Waals surface area contributed by atoms with Gasteiger partial charge in [-0.3, -0.25) is 14.2 Å². The van der Waals surface area contributed by atoms with Crippen molar-refractivity contribution >= 4 is 80.7 Å². The monoisotopic (exact) mass is 686 g/mol. The summed E-state index contributed by atoms with van der Waals surface area (Å²) in [5, 5.41) is 0.956. The fourth-order valence-corrected chi connectivity index (χ4v) is 7.67. The summed E-state index contributed by atoms with van der Waals surface area (Å²) >= 11 is 10.1. The van der Waals surface area contributed by atoms with Crippen molar-refractivity contribution in [3.05, 3.63) is 95.5 Å². The smallest absolute Gasteiger partial charge is 0.271 e. The van der Waals surface area contributed by atoms with Crippen molar-refractivity contribution in [3.8, 4) is 0 Å². The van der Waals surface area contributed by atoms with Gasteiger partial charge in [0.1, 0.15) is 10.5 Å². The van der Waals surface area contributed by atoms with Crippen LogP contribution in [0, 0.1) is 5.92 Å². The van der Waals surface area contributed by atoms with Gasteiger partial charge in [0, 0.05) is 31.5 Å². The van der Waals surface area contributed by atoms with Crippen LogP contribution in [0.15, 0.2) is 73.7 Å². The van der Waals surface area contributed by atoms with E-state index < -0.39 is 6.04 Å². The molecule has 3 aromatic heterocycles. The molecule has 3 heterocycles. The second-order valence-corrected chi connectivity index (χ2v) is 14.2. The zero-order chi connectivity index (χ0) is 27.7. The first-order valence-electron chi connectivity index (χ1n) is 12.7. The van der Waals surface area contributed by atoms with Gasteiger partial charge in [0.15, 0.2) is 0 Å². The van der Waals surface area contributed by atoms with E-state index in [9.17, 15) is 9.59 Å². The molecule has 0 spiro atoms. The molecule has 0 saturated carbocycles. The molecule has 1 unspecified atom stereocenters. The van der Waals surface area contributed by atoms with E-state index in [0.717, 1.165) is 23.2 Å². The van der Waals surface area contributed by atoms with Gasteiger partial charge in [-0.1, -0.05) is 48.0 Å². The van der Waals surface area contributed by atoms with Gasteiger partial charge in [0.25, 0.3) is 11.5 Å². The number of thiophene rings is 2. The summed E-state index contributed by atoms with van der Waals surface area (Å²) in [7, 11) is 0. The second-order valence-electron chi connectivity index (χ2n) is 9.68. The number of aromatic nitrogens is 2. The molecule has 1 atom stereocenters. The SMILES string of the molecule is CC(C)C(c1nc2c(sc3ccccc32)c(=O)n1Cc1ccc(Br)s1)N(CCCN)C(=O)c1ccc(Br)cc1. The third-order valence-electron chi connectivity index (χ3n) is 6.64. The molecule has 39 heavy (non-hydrogen) atoms. The normalized spacial score (nSPS) is 12.5. The number of rotatable bonds is 9. The minimum Gasteiger partial charge on any atom is -0.330 e. The van der Waals surface area contributed by atoms with E-state index >= 15 is 0 Å². The van der Waals surface area contributed by atoms with Crippen molar-refractivity contribution in [1.29, 1.82) is 0 Å². The minimum atomic E-state index is -0.438. The summed E-state index contributed by atoms with van der Waals surface area (Å²) in [6.07, 6.45) is 0.636.